The van der Waals surface area contributed by atoms with E-state index in [0.29, 0.717) is 6.42 Å². The molecule has 1 aromatic carbocycles. The van der Waals surface area contributed by atoms with Crippen LogP contribution in [0.4, 0.5) is 4.79 Å². The van der Waals surface area contributed by atoms with Crippen molar-refractivity contribution in [3.63, 3.8) is 0 Å². The number of amides is 3. The van der Waals surface area contributed by atoms with Crippen molar-refractivity contribution >= 4 is 17.9 Å². The van der Waals surface area contributed by atoms with E-state index in [4.69, 9.17) is 10.5 Å². The lowest BCUT2D eigenvalue weighted by molar-refractivity contribution is -0.129. The van der Waals surface area contributed by atoms with Crippen molar-refractivity contribution in [2.24, 2.45) is 5.73 Å². The molecule has 0 saturated carbocycles. The molecular weight excluding hydrogens is 374 g/mol. The number of primary amides is 1. The van der Waals surface area contributed by atoms with Crippen LogP contribution in [-0.4, -0.2) is 41.7 Å². The minimum atomic E-state index is -1.24. The highest BCUT2D eigenvalue weighted by Crippen LogP contribution is 2.08. The van der Waals surface area contributed by atoms with E-state index in [0.717, 1.165) is 37.7 Å². The third kappa shape index (κ3) is 10.3. The molecule has 8 heteroatoms. The van der Waals surface area contributed by atoms with Crippen molar-refractivity contribution in [2.45, 2.75) is 57.2 Å². The number of benzene rings is 1. The molecule has 0 aliphatic carbocycles. The molecule has 5 N–H and O–H groups in total. The van der Waals surface area contributed by atoms with Gasteiger partial charge < -0.3 is 26.2 Å². The van der Waals surface area contributed by atoms with Crippen LogP contribution in [0.5, 0.6) is 0 Å². The van der Waals surface area contributed by atoms with Crippen molar-refractivity contribution in [2.75, 3.05) is 6.61 Å². The van der Waals surface area contributed by atoms with Gasteiger partial charge >= 0.3 is 6.09 Å². The molecule has 0 bridgehead atoms. The van der Waals surface area contributed by atoms with E-state index < -0.39 is 36.6 Å². The number of carbonyl (C=O) groups is 3. The summed E-state index contributed by atoms with van der Waals surface area (Å²) in [4.78, 5) is 35.8. The number of aliphatic hydroxyl groups excluding tert-OH is 1. The Kier molecular flexibility index (Phi) is 11.8. The fourth-order valence-electron chi connectivity index (χ4n) is 2.65. The Morgan fingerprint density at radius 3 is 2.38 bits per heavy atom. The van der Waals surface area contributed by atoms with Crippen LogP contribution in [0.15, 0.2) is 43.0 Å². The summed E-state index contributed by atoms with van der Waals surface area (Å²) in [5.41, 5.74) is 6.15. The molecule has 0 radical (unpaired) electrons. The van der Waals surface area contributed by atoms with Gasteiger partial charge in [0.05, 0.1) is 6.61 Å². The van der Waals surface area contributed by atoms with Gasteiger partial charge in [0.25, 0.3) is 0 Å². The molecule has 1 aromatic rings. The second-order valence-electron chi connectivity index (χ2n) is 6.69. The molecule has 3 amide bonds. The average Bonchev–Trinajstić information content (AvgIpc) is 2.72. The van der Waals surface area contributed by atoms with Gasteiger partial charge in [-0.2, -0.15) is 0 Å². The first-order chi connectivity index (χ1) is 14.0. The summed E-state index contributed by atoms with van der Waals surface area (Å²) >= 11 is 0. The summed E-state index contributed by atoms with van der Waals surface area (Å²) in [5, 5.41) is 14.2. The molecular formula is C21H31N3O5. The molecule has 0 aliphatic rings. The summed E-state index contributed by atoms with van der Waals surface area (Å²) in [6.45, 7) is 3.06. The highest BCUT2D eigenvalue weighted by Gasteiger charge is 2.25. The Balaban J connectivity index is 2.43. The van der Waals surface area contributed by atoms with Crippen LogP contribution >= 0.6 is 0 Å². The molecule has 0 aromatic heterocycles. The van der Waals surface area contributed by atoms with Crippen LogP contribution < -0.4 is 16.4 Å². The molecule has 0 spiro atoms. The Bertz CT molecular complexity index is 651. The Morgan fingerprint density at radius 1 is 1.07 bits per heavy atom. The molecule has 0 saturated heterocycles. The molecule has 0 fully saturated rings. The molecule has 0 unspecified atom stereocenters. The average molecular weight is 405 g/mol. The van der Waals surface area contributed by atoms with Crippen LogP contribution in [0.25, 0.3) is 0 Å². The van der Waals surface area contributed by atoms with E-state index in [2.05, 4.69) is 17.2 Å². The number of unbranched alkanes of at least 4 members (excludes halogenated alkanes) is 4. The zero-order valence-corrected chi connectivity index (χ0v) is 16.6. The predicted molar refractivity (Wildman–Crippen MR) is 110 cm³/mol. The lowest BCUT2D eigenvalue weighted by atomic mass is 10.1. The maximum Gasteiger partial charge on any atom is 0.408 e. The van der Waals surface area contributed by atoms with Gasteiger partial charge in [0.2, 0.25) is 11.8 Å². The number of nitrogens with one attached hydrogen (secondary N) is 2. The topological polar surface area (TPSA) is 131 Å². The summed E-state index contributed by atoms with van der Waals surface area (Å²) in [7, 11) is 0. The smallest absolute Gasteiger partial charge is 0.408 e. The normalized spacial score (nSPS) is 12.4. The second-order valence-corrected chi connectivity index (χ2v) is 6.69. The summed E-state index contributed by atoms with van der Waals surface area (Å²) in [5.74, 6) is -1.35. The van der Waals surface area contributed by atoms with Crippen molar-refractivity contribution in [1.29, 1.82) is 0 Å². The number of ether oxygens (including phenoxy) is 1. The lowest BCUT2D eigenvalue weighted by Gasteiger charge is -2.20. The van der Waals surface area contributed by atoms with Crippen molar-refractivity contribution < 1.29 is 24.2 Å². The molecule has 8 nitrogen and oxygen atoms in total. The minimum Gasteiger partial charge on any atom is -0.445 e. The number of alkyl carbamates (subject to hydrolysis) is 1. The van der Waals surface area contributed by atoms with Crippen molar-refractivity contribution in [1.82, 2.24) is 10.6 Å². The molecule has 0 heterocycles. The Morgan fingerprint density at radius 2 is 1.76 bits per heavy atom. The SMILES string of the molecule is C=CCCCCCC[C@@H](NC(=O)[C@H](CO)NC(=O)OCc1ccccc1)C(N)=O. The van der Waals surface area contributed by atoms with Gasteiger partial charge in [-0.15, -0.1) is 6.58 Å². The standard InChI is InChI=1S/C21H31N3O5/c1-2-3-4-5-6-10-13-17(19(22)26)23-20(27)18(14-25)24-21(28)29-15-16-11-8-7-9-12-16/h2,7-9,11-12,17-18,25H,1,3-6,10,13-15H2,(H2,22,26)(H,23,27)(H,24,28)/t17-,18+/m1/s1. The molecule has 0 aliphatic heterocycles. The van der Waals surface area contributed by atoms with E-state index in [1.54, 1.807) is 12.1 Å². The number of allylic oxidation sites excluding steroid dienone is 1. The van der Waals surface area contributed by atoms with E-state index in [1.165, 1.54) is 0 Å². The summed E-state index contributed by atoms with van der Waals surface area (Å²) in [6, 6.07) is 6.93. The van der Waals surface area contributed by atoms with Crippen LogP contribution in [0, 0.1) is 0 Å². The fourth-order valence-corrected chi connectivity index (χ4v) is 2.65. The highest BCUT2D eigenvalue weighted by atomic mass is 16.5. The van der Waals surface area contributed by atoms with Gasteiger partial charge in [-0.1, -0.05) is 55.7 Å². The second kappa shape index (κ2) is 14.2. The first kappa shape index (κ1) is 24.2. The number of hydrogen-bond donors (Lipinski definition) is 4. The van der Waals surface area contributed by atoms with E-state index in [-0.39, 0.29) is 6.61 Å². The number of nitrogens with two attached hydrogens (primary N) is 1. The molecule has 29 heavy (non-hydrogen) atoms. The number of rotatable bonds is 14. The first-order valence-corrected chi connectivity index (χ1v) is 9.76. The van der Waals surface area contributed by atoms with Crippen LogP contribution in [0.1, 0.15) is 44.1 Å². The monoisotopic (exact) mass is 405 g/mol. The summed E-state index contributed by atoms with van der Waals surface area (Å²) in [6.07, 6.45) is 6.01. The lowest BCUT2D eigenvalue weighted by Crippen LogP contribution is -2.54. The Hall–Kier alpha value is -2.87. The highest BCUT2D eigenvalue weighted by molar-refractivity contribution is 5.90. The maximum absolute atomic E-state index is 12.3. The van der Waals surface area contributed by atoms with Gasteiger partial charge in [0, 0.05) is 0 Å². The van der Waals surface area contributed by atoms with Gasteiger partial charge in [0.1, 0.15) is 18.7 Å². The Labute approximate surface area is 171 Å². The third-order valence-electron chi connectivity index (χ3n) is 4.31. The van der Waals surface area contributed by atoms with Crippen LogP contribution in [0.2, 0.25) is 0 Å². The van der Waals surface area contributed by atoms with Crippen LogP contribution in [0.3, 0.4) is 0 Å². The van der Waals surface area contributed by atoms with Gasteiger partial charge in [-0.3, -0.25) is 9.59 Å². The summed E-state index contributed by atoms with van der Waals surface area (Å²) < 4.78 is 5.03. The zero-order valence-electron chi connectivity index (χ0n) is 16.6. The fraction of sp³-hybridized carbons (Fsp3) is 0.476. The molecule has 160 valence electrons. The third-order valence-corrected chi connectivity index (χ3v) is 4.31. The molecule has 2 atom stereocenters. The van der Waals surface area contributed by atoms with E-state index in [9.17, 15) is 19.5 Å². The van der Waals surface area contributed by atoms with Gasteiger partial charge in [0.15, 0.2) is 0 Å². The van der Waals surface area contributed by atoms with Crippen molar-refractivity contribution in [3.05, 3.63) is 48.6 Å². The number of aliphatic hydroxyl groups is 1. The van der Waals surface area contributed by atoms with Gasteiger partial charge in [-0.05, 0) is 24.8 Å². The predicted octanol–water partition coefficient (Wildman–Crippen LogP) is 1.77. The number of carbonyl (C=O) groups excluding carboxylic acids is 3. The van der Waals surface area contributed by atoms with Gasteiger partial charge in [-0.25, -0.2) is 4.79 Å². The zero-order chi connectivity index (χ0) is 21.5. The molecule has 1 rings (SSSR count). The first-order valence-electron chi connectivity index (χ1n) is 9.76. The quantitative estimate of drug-likeness (QED) is 0.277. The van der Waals surface area contributed by atoms with Crippen molar-refractivity contribution in [3.8, 4) is 0 Å². The minimum absolute atomic E-state index is 0.0300. The van der Waals surface area contributed by atoms with E-state index in [1.807, 2.05) is 24.3 Å². The van der Waals surface area contributed by atoms with E-state index >= 15 is 0 Å². The van der Waals surface area contributed by atoms with Crippen LogP contribution in [-0.2, 0) is 20.9 Å². The largest absolute Gasteiger partial charge is 0.445 e. The maximum atomic E-state index is 12.3. The number of hydrogen-bond acceptors (Lipinski definition) is 5.